The van der Waals surface area contributed by atoms with Gasteiger partial charge in [-0.1, -0.05) is 6.92 Å². The van der Waals surface area contributed by atoms with E-state index < -0.39 is 0 Å². The molecular formula is C10H22N2S. The van der Waals surface area contributed by atoms with Gasteiger partial charge in [0.05, 0.1) is 0 Å². The first-order valence-corrected chi connectivity index (χ1v) is 6.05. The third-order valence-corrected chi connectivity index (χ3v) is 3.11. The van der Waals surface area contributed by atoms with Crippen molar-refractivity contribution < 1.29 is 0 Å². The second kappa shape index (κ2) is 6.68. The van der Waals surface area contributed by atoms with E-state index in [-0.39, 0.29) is 0 Å². The van der Waals surface area contributed by atoms with E-state index in [0.29, 0.717) is 0 Å². The van der Waals surface area contributed by atoms with Gasteiger partial charge in [0.2, 0.25) is 0 Å². The van der Waals surface area contributed by atoms with Crippen LogP contribution in [0.4, 0.5) is 0 Å². The predicted octanol–water partition coefficient (Wildman–Crippen LogP) is 1.33. The molecule has 0 unspecified atom stereocenters. The van der Waals surface area contributed by atoms with Gasteiger partial charge in [-0.3, -0.25) is 0 Å². The molecule has 1 heterocycles. The zero-order valence-corrected chi connectivity index (χ0v) is 9.60. The highest BCUT2D eigenvalue weighted by atomic mass is 32.1. The molecule has 0 aliphatic carbocycles. The molecule has 0 aromatic rings. The number of hydrogen-bond acceptors (Lipinski definition) is 3. The van der Waals surface area contributed by atoms with Gasteiger partial charge in [-0.05, 0) is 31.7 Å². The van der Waals surface area contributed by atoms with Crippen molar-refractivity contribution in [1.29, 1.82) is 0 Å². The fourth-order valence-electron chi connectivity index (χ4n) is 1.78. The lowest BCUT2D eigenvalue weighted by molar-refractivity contribution is 0.136. The Balaban J connectivity index is 2.03. The summed E-state index contributed by atoms with van der Waals surface area (Å²) < 4.78 is 0. The summed E-state index contributed by atoms with van der Waals surface area (Å²) in [4.78, 5) is 5.10. The standard InChI is InChI=1S/C10H22N2S/c1-2-11-6-8-12(9-7-11)5-3-4-10-13/h13H,2-10H2,1H3. The maximum Gasteiger partial charge on any atom is 0.0110 e. The van der Waals surface area contributed by atoms with Crippen LogP contribution in [0.3, 0.4) is 0 Å². The average molecular weight is 202 g/mol. The summed E-state index contributed by atoms with van der Waals surface area (Å²) in [6, 6.07) is 0. The van der Waals surface area contributed by atoms with Crippen LogP contribution in [0.5, 0.6) is 0 Å². The van der Waals surface area contributed by atoms with Gasteiger partial charge in [0, 0.05) is 26.2 Å². The number of nitrogens with zero attached hydrogens (tertiary/aromatic N) is 2. The SMILES string of the molecule is CCN1CCN(CCCCS)CC1. The van der Waals surface area contributed by atoms with Crippen molar-refractivity contribution >= 4 is 12.6 Å². The highest BCUT2D eigenvalue weighted by molar-refractivity contribution is 7.80. The first-order chi connectivity index (χ1) is 6.36. The van der Waals surface area contributed by atoms with E-state index in [1.165, 1.54) is 52.1 Å². The van der Waals surface area contributed by atoms with Crippen molar-refractivity contribution in [1.82, 2.24) is 9.80 Å². The molecule has 3 heteroatoms. The van der Waals surface area contributed by atoms with Gasteiger partial charge in [-0.2, -0.15) is 12.6 Å². The fourth-order valence-corrected chi connectivity index (χ4v) is 2.00. The average Bonchev–Trinajstić information content (AvgIpc) is 2.19. The molecule has 1 fully saturated rings. The van der Waals surface area contributed by atoms with Gasteiger partial charge in [0.15, 0.2) is 0 Å². The molecule has 0 bridgehead atoms. The van der Waals surface area contributed by atoms with Crippen molar-refractivity contribution in [2.45, 2.75) is 19.8 Å². The normalized spacial score (nSPS) is 20.8. The highest BCUT2D eigenvalue weighted by Crippen LogP contribution is 2.03. The van der Waals surface area contributed by atoms with E-state index in [1.807, 2.05) is 0 Å². The molecule has 1 aliphatic rings. The van der Waals surface area contributed by atoms with Crippen LogP contribution in [-0.2, 0) is 0 Å². The fraction of sp³-hybridized carbons (Fsp3) is 1.00. The Morgan fingerprint density at radius 3 is 2.15 bits per heavy atom. The van der Waals surface area contributed by atoms with Gasteiger partial charge in [-0.25, -0.2) is 0 Å². The van der Waals surface area contributed by atoms with Crippen LogP contribution in [0, 0.1) is 0 Å². The monoisotopic (exact) mass is 202 g/mol. The Labute approximate surface area is 87.7 Å². The molecule has 1 saturated heterocycles. The molecule has 78 valence electrons. The van der Waals surface area contributed by atoms with Gasteiger partial charge >= 0.3 is 0 Å². The van der Waals surface area contributed by atoms with Crippen LogP contribution < -0.4 is 0 Å². The van der Waals surface area contributed by atoms with Crippen LogP contribution >= 0.6 is 12.6 Å². The summed E-state index contributed by atoms with van der Waals surface area (Å²) in [5, 5.41) is 0. The third kappa shape index (κ3) is 4.34. The Kier molecular flexibility index (Phi) is 5.83. The smallest absolute Gasteiger partial charge is 0.0110 e. The summed E-state index contributed by atoms with van der Waals surface area (Å²) in [5.74, 6) is 1.04. The molecule has 0 radical (unpaired) electrons. The second-order valence-electron chi connectivity index (χ2n) is 3.71. The van der Waals surface area contributed by atoms with Gasteiger partial charge in [0.25, 0.3) is 0 Å². The number of rotatable bonds is 5. The van der Waals surface area contributed by atoms with E-state index >= 15 is 0 Å². The molecule has 0 atom stereocenters. The summed E-state index contributed by atoms with van der Waals surface area (Å²) in [5.41, 5.74) is 0. The lowest BCUT2D eigenvalue weighted by Crippen LogP contribution is -2.46. The Hall–Kier alpha value is 0.270. The molecule has 1 aliphatic heterocycles. The molecular weight excluding hydrogens is 180 g/mol. The summed E-state index contributed by atoms with van der Waals surface area (Å²) in [6.45, 7) is 9.79. The Bertz CT molecular complexity index is 119. The maximum absolute atomic E-state index is 4.22. The van der Waals surface area contributed by atoms with E-state index in [9.17, 15) is 0 Å². The Morgan fingerprint density at radius 2 is 1.62 bits per heavy atom. The number of hydrogen-bond donors (Lipinski definition) is 1. The minimum Gasteiger partial charge on any atom is -0.301 e. The summed E-state index contributed by atoms with van der Waals surface area (Å²) >= 11 is 4.22. The van der Waals surface area contributed by atoms with Crippen molar-refractivity contribution in [2.24, 2.45) is 0 Å². The molecule has 0 aromatic heterocycles. The minimum atomic E-state index is 1.04. The molecule has 1 rings (SSSR count). The first-order valence-electron chi connectivity index (χ1n) is 5.42. The molecule has 13 heavy (non-hydrogen) atoms. The molecule has 0 spiro atoms. The third-order valence-electron chi connectivity index (χ3n) is 2.79. The van der Waals surface area contributed by atoms with Gasteiger partial charge < -0.3 is 9.80 Å². The van der Waals surface area contributed by atoms with Gasteiger partial charge in [-0.15, -0.1) is 0 Å². The number of thiol groups is 1. The van der Waals surface area contributed by atoms with Crippen LogP contribution in [0.2, 0.25) is 0 Å². The zero-order chi connectivity index (χ0) is 9.52. The largest absolute Gasteiger partial charge is 0.301 e. The van der Waals surface area contributed by atoms with Gasteiger partial charge in [0.1, 0.15) is 0 Å². The van der Waals surface area contributed by atoms with Crippen LogP contribution in [0.1, 0.15) is 19.8 Å². The molecule has 0 N–H and O–H groups in total. The first kappa shape index (κ1) is 11.3. The number of unbranched alkanes of at least 4 members (excludes halogenated alkanes) is 1. The Morgan fingerprint density at radius 1 is 1.00 bits per heavy atom. The van der Waals surface area contributed by atoms with E-state index in [1.54, 1.807) is 0 Å². The second-order valence-corrected chi connectivity index (χ2v) is 4.15. The van der Waals surface area contributed by atoms with Crippen molar-refractivity contribution in [3.63, 3.8) is 0 Å². The molecule has 0 aromatic carbocycles. The van der Waals surface area contributed by atoms with Crippen molar-refractivity contribution in [3.8, 4) is 0 Å². The zero-order valence-electron chi connectivity index (χ0n) is 8.71. The topological polar surface area (TPSA) is 6.48 Å². The van der Waals surface area contributed by atoms with Crippen LogP contribution in [0.15, 0.2) is 0 Å². The molecule has 2 nitrogen and oxygen atoms in total. The minimum absolute atomic E-state index is 1.04. The molecule has 0 saturated carbocycles. The van der Waals surface area contributed by atoms with Crippen LogP contribution in [-0.4, -0.2) is 54.8 Å². The lowest BCUT2D eigenvalue weighted by Gasteiger charge is -2.33. The quantitative estimate of drug-likeness (QED) is 0.531. The molecule has 0 amide bonds. The summed E-state index contributed by atoms with van der Waals surface area (Å²) in [6.07, 6.45) is 2.58. The van der Waals surface area contributed by atoms with Crippen LogP contribution in [0.25, 0.3) is 0 Å². The lowest BCUT2D eigenvalue weighted by atomic mass is 10.2. The number of piperazine rings is 1. The maximum atomic E-state index is 4.22. The summed E-state index contributed by atoms with van der Waals surface area (Å²) in [7, 11) is 0. The van der Waals surface area contributed by atoms with E-state index in [0.717, 1.165) is 5.75 Å². The van der Waals surface area contributed by atoms with E-state index in [2.05, 4.69) is 29.4 Å². The highest BCUT2D eigenvalue weighted by Gasteiger charge is 2.13. The van der Waals surface area contributed by atoms with Crippen molar-refractivity contribution in [2.75, 3.05) is 45.0 Å². The number of likely N-dealkylation sites (N-methyl/N-ethyl adjacent to an activating group) is 1. The van der Waals surface area contributed by atoms with E-state index in [4.69, 9.17) is 0 Å². The van der Waals surface area contributed by atoms with Crippen molar-refractivity contribution in [3.05, 3.63) is 0 Å². The predicted molar refractivity (Wildman–Crippen MR) is 61.6 cm³/mol.